The summed E-state index contributed by atoms with van der Waals surface area (Å²) >= 11 is 3.41. The highest BCUT2D eigenvalue weighted by Gasteiger charge is 2.09. The fourth-order valence-corrected chi connectivity index (χ4v) is 3.43. The minimum absolute atomic E-state index is 0.687. The maximum Gasteiger partial charge on any atom is 0.236 e. The summed E-state index contributed by atoms with van der Waals surface area (Å²) in [5.41, 5.74) is 2.68. The Morgan fingerprint density at radius 2 is 2.05 bits per heavy atom. The molecule has 0 spiro atoms. The van der Waals surface area contributed by atoms with Crippen molar-refractivity contribution in [3.63, 3.8) is 0 Å². The van der Waals surface area contributed by atoms with Crippen LogP contribution >= 0.6 is 23.1 Å². The standard InChI is InChI=1S/C15H14N2OS2/c1-11-5-2-3-6-12(11)9-19-10-14-16-15(17-18-14)13-7-4-8-20-13/h2-8H,9-10H2,1H3. The van der Waals surface area contributed by atoms with Crippen LogP contribution in [0.2, 0.25) is 0 Å². The Hall–Kier alpha value is -1.59. The smallest absolute Gasteiger partial charge is 0.236 e. The maximum atomic E-state index is 5.28. The van der Waals surface area contributed by atoms with E-state index in [1.807, 2.05) is 17.5 Å². The van der Waals surface area contributed by atoms with Crippen molar-refractivity contribution in [3.05, 3.63) is 58.8 Å². The molecule has 3 nitrogen and oxygen atoms in total. The summed E-state index contributed by atoms with van der Waals surface area (Å²) in [5.74, 6) is 3.08. The van der Waals surface area contributed by atoms with Crippen molar-refractivity contribution in [2.24, 2.45) is 0 Å². The lowest BCUT2D eigenvalue weighted by molar-refractivity contribution is 0.392. The van der Waals surface area contributed by atoms with Crippen LogP contribution in [0, 0.1) is 6.92 Å². The fraction of sp³-hybridized carbons (Fsp3) is 0.200. The third kappa shape index (κ3) is 3.11. The Labute approximate surface area is 126 Å². The first-order valence-corrected chi connectivity index (χ1v) is 8.35. The van der Waals surface area contributed by atoms with E-state index < -0.39 is 0 Å². The van der Waals surface area contributed by atoms with Crippen molar-refractivity contribution in [2.45, 2.75) is 18.4 Å². The third-order valence-electron chi connectivity index (χ3n) is 2.95. The first-order chi connectivity index (χ1) is 9.83. The number of hydrogen-bond acceptors (Lipinski definition) is 5. The van der Waals surface area contributed by atoms with Gasteiger partial charge in [-0.15, -0.1) is 23.1 Å². The molecule has 20 heavy (non-hydrogen) atoms. The van der Waals surface area contributed by atoms with Crippen molar-refractivity contribution in [2.75, 3.05) is 0 Å². The minimum atomic E-state index is 0.687. The summed E-state index contributed by atoms with van der Waals surface area (Å²) in [7, 11) is 0. The lowest BCUT2D eigenvalue weighted by Gasteiger charge is -2.03. The van der Waals surface area contributed by atoms with E-state index in [1.54, 1.807) is 23.1 Å². The van der Waals surface area contributed by atoms with Gasteiger partial charge < -0.3 is 4.52 Å². The number of aromatic nitrogens is 2. The molecule has 0 unspecified atom stereocenters. The molecular formula is C15H14N2OS2. The molecule has 0 radical (unpaired) electrons. The maximum absolute atomic E-state index is 5.28. The van der Waals surface area contributed by atoms with Gasteiger partial charge in [0.15, 0.2) is 0 Å². The van der Waals surface area contributed by atoms with Crippen molar-refractivity contribution in [1.82, 2.24) is 10.1 Å². The number of benzene rings is 1. The average Bonchev–Trinajstić information content (AvgIpc) is 3.11. The number of hydrogen-bond donors (Lipinski definition) is 0. The Morgan fingerprint density at radius 1 is 1.15 bits per heavy atom. The summed E-state index contributed by atoms with van der Waals surface area (Å²) in [5, 5.41) is 6.03. The van der Waals surface area contributed by atoms with E-state index in [0.717, 1.165) is 16.4 Å². The molecule has 0 saturated carbocycles. The van der Waals surface area contributed by atoms with Gasteiger partial charge in [0.2, 0.25) is 11.7 Å². The zero-order valence-corrected chi connectivity index (χ0v) is 12.7. The first-order valence-electron chi connectivity index (χ1n) is 6.31. The van der Waals surface area contributed by atoms with Gasteiger partial charge in [0.05, 0.1) is 10.6 Å². The number of nitrogens with zero attached hydrogens (tertiary/aromatic N) is 2. The fourth-order valence-electron chi connectivity index (χ4n) is 1.84. The number of thiophene rings is 1. The van der Waals surface area contributed by atoms with E-state index >= 15 is 0 Å². The normalized spacial score (nSPS) is 10.8. The van der Waals surface area contributed by atoms with Gasteiger partial charge in [0.25, 0.3) is 0 Å². The Morgan fingerprint density at radius 3 is 2.85 bits per heavy atom. The van der Waals surface area contributed by atoms with E-state index in [-0.39, 0.29) is 0 Å². The van der Waals surface area contributed by atoms with Gasteiger partial charge in [-0.2, -0.15) is 4.98 Å². The van der Waals surface area contributed by atoms with E-state index in [9.17, 15) is 0 Å². The number of aryl methyl sites for hydroxylation is 1. The molecule has 5 heteroatoms. The Balaban J connectivity index is 1.58. The average molecular weight is 302 g/mol. The van der Waals surface area contributed by atoms with Crippen molar-refractivity contribution >= 4 is 23.1 Å². The highest BCUT2D eigenvalue weighted by molar-refractivity contribution is 7.97. The molecule has 3 aromatic rings. The van der Waals surface area contributed by atoms with E-state index in [2.05, 4.69) is 41.3 Å². The second-order valence-corrected chi connectivity index (χ2v) is 6.34. The lowest BCUT2D eigenvalue weighted by atomic mass is 10.1. The molecule has 0 fully saturated rings. The van der Waals surface area contributed by atoms with E-state index in [4.69, 9.17) is 4.52 Å². The van der Waals surface area contributed by atoms with E-state index in [0.29, 0.717) is 11.7 Å². The molecule has 0 aliphatic rings. The minimum Gasteiger partial charge on any atom is -0.338 e. The first kappa shape index (κ1) is 13.4. The predicted octanol–water partition coefficient (Wildman–Crippen LogP) is 4.54. The quantitative estimate of drug-likeness (QED) is 0.693. The molecular weight excluding hydrogens is 288 g/mol. The van der Waals surface area contributed by atoms with Crippen molar-refractivity contribution in [3.8, 4) is 10.7 Å². The molecule has 0 aliphatic heterocycles. The summed E-state index contributed by atoms with van der Waals surface area (Å²) in [6, 6.07) is 12.4. The van der Waals surface area contributed by atoms with Crippen LogP contribution in [0.5, 0.6) is 0 Å². The monoisotopic (exact) mass is 302 g/mol. The molecule has 2 heterocycles. The van der Waals surface area contributed by atoms with Crippen LogP contribution in [0.1, 0.15) is 17.0 Å². The second kappa shape index (κ2) is 6.24. The van der Waals surface area contributed by atoms with E-state index in [1.165, 1.54) is 11.1 Å². The van der Waals surface area contributed by atoms with Gasteiger partial charge in [0.1, 0.15) is 0 Å². The summed E-state index contributed by atoms with van der Waals surface area (Å²) in [4.78, 5) is 5.46. The molecule has 0 atom stereocenters. The molecule has 0 aliphatic carbocycles. The van der Waals surface area contributed by atoms with Crippen LogP contribution in [0.25, 0.3) is 10.7 Å². The number of rotatable bonds is 5. The second-order valence-electron chi connectivity index (χ2n) is 4.41. The summed E-state index contributed by atoms with van der Waals surface area (Å²) in [6.07, 6.45) is 0. The molecule has 1 aromatic carbocycles. The topological polar surface area (TPSA) is 38.9 Å². The van der Waals surface area contributed by atoms with Crippen LogP contribution in [0.4, 0.5) is 0 Å². The Kier molecular flexibility index (Phi) is 4.18. The zero-order chi connectivity index (χ0) is 13.8. The van der Waals surface area contributed by atoms with Crippen LogP contribution in [0.15, 0.2) is 46.3 Å². The van der Waals surface area contributed by atoms with Gasteiger partial charge >= 0.3 is 0 Å². The highest BCUT2D eigenvalue weighted by Crippen LogP contribution is 2.24. The SMILES string of the molecule is Cc1ccccc1CSCc1nc(-c2cccs2)no1. The van der Waals surface area contributed by atoms with Crippen LogP contribution in [-0.4, -0.2) is 10.1 Å². The Bertz CT molecular complexity index is 677. The lowest BCUT2D eigenvalue weighted by Crippen LogP contribution is -1.87. The van der Waals surface area contributed by atoms with Gasteiger partial charge in [-0.25, -0.2) is 0 Å². The van der Waals surface area contributed by atoms with Gasteiger partial charge in [-0.1, -0.05) is 35.5 Å². The van der Waals surface area contributed by atoms with Crippen molar-refractivity contribution in [1.29, 1.82) is 0 Å². The van der Waals surface area contributed by atoms with Crippen molar-refractivity contribution < 1.29 is 4.52 Å². The summed E-state index contributed by atoms with van der Waals surface area (Å²) in [6.45, 7) is 2.14. The molecule has 3 rings (SSSR count). The van der Waals surface area contributed by atoms with Crippen LogP contribution < -0.4 is 0 Å². The largest absolute Gasteiger partial charge is 0.338 e. The van der Waals surface area contributed by atoms with Gasteiger partial charge in [-0.3, -0.25) is 0 Å². The summed E-state index contributed by atoms with van der Waals surface area (Å²) < 4.78 is 5.28. The van der Waals surface area contributed by atoms with Crippen LogP contribution in [-0.2, 0) is 11.5 Å². The molecule has 0 saturated heterocycles. The predicted molar refractivity (Wildman–Crippen MR) is 83.8 cm³/mol. The number of thioether (sulfide) groups is 1. The molecule has 2 aromatic heterocycles. The highest BCUT2D eigenvalue weighted by atomic mass is 32.2. The molecule has 0 bridgehead atoms. The third-order valence-corrected chi connectivity index (χ3v) is 4.79. The van der Waals surface area contributed by atoms with Gasteiger partial charge in [0, 0.05) is 5.75 Å². The molecule has 0 amide bonds. The van der Waals surface area contributed by atoms with Gasteiger partial charge in [-0.05, 0) is 29.5 Å². The van der Waals surface area contributed by atoms with Crippen LogP contribution in [0.3, 0.4) is 0 Å². The molecule has 0 N–H and O–H groups in total. The zero-order valence-electron chi connectivity index (χ0n) is 11.1. The molecule has 102 valence electrons.